The third-order valence-electron chi connectivity index (χ3n) is 6.87. The molecule has 1 atom stereocenters. The third kappa shape index (κ3) is 8.33. The standard InChI is InChI=1S/C32H40ClN3O4S/c1-6-26-10-8-9-11-30(26)36(41(39,40)28-18-12-24(5)13-19-28)22-31(37)35(21-25-14-16-27(33)17-15-25)29(7-2)32(38)34-20-23(3)4/h8-19,23,29H,6-7,20-22H2,1-5H3,(H,34,38)/t29-/m1/s1. The number of sulfonamides is 1. The van der Waals surface area contributed by atoms with Gasteiger partial charge in [-0.3, -0.25) is 13.9 Å². The Balaban J connectivity index is 2.08. The average Bonchev–Trinajstić information content (AvgIpc) is 2.95. The first kappa shape index (κ1) is 32.2. The van der Waals surface area contributed by atoms with E-state index in [2.05, 4.69) is 5.32 Å². The average molecular weight is 598 g/mol. The molecule has 220 valence electrons. The minimum Gasteiger partial charge on any atom is -0.354 e. The van der Waals surface area contributed by atoms with Gasteiger partial charge in [0.05, 0.1) is 10.6 Å². The number of hydrogen-bond acceptors (Lipinski definition) is 4. The van der Waals surface area contributed by atoms with E-state index in [9.17, 15) is 18.0 Å². The van der Waals surface area contributed by atoms with Crippen molar-refractivity contribution in [3.8, 4) is 0 Å². The lowest BCUT2D eigenvalue weighted by Gasteiger charge is -2.34. The molecule has 0 aliphatic rings. The third-order valence-corrected chi connectivity index (χ3v) is 8.89. The van der Waals surface area contributed by atoms with Gasteiger partial charge in [0.2, 0.25) is 11.8 Å². The molecule has 0 aliphatic carbocycles. The number of rotatable bonds is 13. The predicted octanol–water partition coefficient (Wildman–Crippen LogP) is 5.99. The number of aryl methyl sites for hydroxylation is 2. The summed E-state index contributed by atoms with van der Waals surface area (Å²) >= 11 is 6.09. The van der Waals surface area contributed by atoms with Crippen LogP contribution in [0, 0.1) is 12.8 Å². The molecule has 3 aromatic carbocycles. The number of carbonyl (C=O) groups excluding carboxylic acids is 2. The van der Waals surface area contributed by atoms with E-state index in [1.807, 2.05) is 46.8 Å². The Labute approximate surface area is 249 Å². The van der Waals surface area contributed by atoms with E-state index in [0.717, 1.165) is 16.7 Å². The van der Waals surface area contributed by atoms with Gasteiger partial charge in [-0.1, -0.05) is 87.3 Å². The number of para-hydroxylation sites is 1. The van der Waals surface area contributed by atoms with Crippen LogP contribution in [0.2, 0.25) is 5.02 Å². The van der Waals surface area contributed by atoms with Gasteiger partial charge in [0.1, 0.15) is 12.6 Å². The number of nitrogens with one attached hydrogen (secondary N) is 1. The number of nitrogens with zero attached hydrogens (tertiary/aromatic N) is 2. The molecular formula is C32H40ClN3O4S. The Morgan fingerprint density at radius 3 is 2.15 bits per heavy atom. The summed E-state index contributed by atoms with van der Waals surface area (Å²) in [5.41, 5.74) is 2.93. The highest BCUT2D eigenvalue weighted by Crippen LogP contribution is 2.28. The van der Waals surface area contributed by atoms with Crippen LogP contribution in [-0.4, -0.2) is 44.3 Å². The molecule has 3 rings (SSSR count). The number of amides is 2. The topological polar surface area (TPSA) is 86.8 Å². The van der Waals surface area contributed by atoms with Crippen LogP contribution >= 0.6 is 11.6 Å². The minimum absolute atomic E-state index is 0.0905. The van der Waals surface area contributed by atoms with Gasteiger partial charge in [0.25, 0.3) is 10.0 Å². The van der Waals surface area contributed by atoms with Gasteiger partial charge >= 0.3 is 0 Å². The monoisotopic (exact) mass is 597 g/mol. The largest absolute Gasteiger partial charge is 0.354 e. The normalized spacial score (nSPS) is 12.2. The maximum atomic E-state index is 14.2. The zero-order chi connectivity index (χ0) is 30.2. The van der Waals surface area contributed by atoms with Gasteiger partial charge in [-0.2, -0.15) is 0 Å². The summed E-state index contributed by atoms with van der Waals surface area (Å²) in [5, 5.41) is 3.50. The van der Waals surface area contributed by atoms with Crippen molar-refractivity contribution < 1.29 is 18.0 Å². The molecule has 1 N–H and O–H groups in total. The van der Waals surface area contributed by atoms with Crippen molar-refractivity contribution in [1.29, 1.82) is 0 Å². The van der Waals surface area contributed by atoms with E-state index in [4.69, 9.17) is 11.6 Å². The molecule has 0 fully saturated rings. The highest BCUT2D eigenvalue weighted by Gasteiger charge is 2.34. The lowest BCUT2D eigenvalue weighted by molar-refractivity contribution is -0.140. The second-order valence-corrected chi connectivity index (χ2v) is 12.8. The quantitative estimate of drug-likeness (QED) is 0.262. The number of carbonyl (C=O) groups is 2. The summed E-state index contributed by atoms with van der Waals surface area (Å²) in [6, 6.07) is 20.0. The Bertz CT molecular complexity index is 1420. The highest BCUT2D eigenvalue weighted by molar-refractivity contribution is 7.92. The summed E-state index contributed by atoms with van der Waals surface area (Å²) in [6.45, 7) is 9.79. The van der Waals surface area contributed by atoms with E-state index in [-0.39, 0.29) is 23.3 Å². The molecule has 0 aliphatic heterocycles. The van der Waals surface area contributed by atoms with E-state index in [1.165, 1.54) is 9.21 Å². The summed E-state index contributed by atoms with van der Waals surface area (Å²) in [5.74, 6) is -0.518. The van der Waals surface area contributed by atoms with E-state index >= 15 is 0 Å². The van der Waals surface area contributed by atoms with Crippen molar-refractivity contribution in [3.05, 3.63) is 94.5 Å². The van der Waals surface area contributed by atoms with Crippen LogP contribution in [0.1, 0.15) is 50.8 Å². The predicted molar refractivity (Wildman–Crippen MR) is 165 cm³/mol. The summed E-state index contributed by atoms with van der Waals surface area (Å²) in [4.78, 5) is 29.1. The fraction of sp³-hybridized carbons (Fsp3) is 0.375. The van der Waals surface area contributed by atoms with E-state index in [1.54, 1.807) is 60.7 Å². The van der Waals surface area contributed by atoms with Crippen LogP contribution < -0.4 is 9.62 Å². The Morgan fingerprint density at radius 1 is 0.927 bits per heavy atom. The van der Waals surface area contributed by atoms with Gasteiger partial charge < -0.3 is 10.2 Å². The lowest BCUT2D eigenvalue weighted by Crippen LogP contribution is -2.52. The van der Waals surface area contributed by atoms with Crippen LogP contribution in [0.3, 0.4) is 0 Å². The van der Waals surface area contributed by atoms with Crippen LogP contribution in [0.5, 0.6) is 0 Å². The van der Waals surface area contributed by atoms with Crippen molar-refractivity contribution in [1.82, 2.24) is 10.2 Å². The van der Waals surface area contributed by atoms with E-state index in [0.29, 0.717) is 30.1 Å². The molecule has 2 amide bonds. The second-order valence-electron chi connectivity index (χ2n) is 10.5. The second kappa shape index (κ2) is 14.5. The Morgan fingerprint density at radius 2 is 1.56 bits per heavy atom. The Kier molecular flexibility index (Phi) is 11.4. The summed E-state index contributed by atoms with van der Waals surface area (Å²) in [7, 11) is -4.12. The van der Waals surface area contributed by atoms with Gasteiger partial charge in [0, 0.05) is 18.1 Å². The van der Waals surface area contributed by atoms with Crippen LogP contribution in [0.4, 0.5) is 5.69 Å². The van der Waals surface area contributed by atoms with Crippen molar-refractivity contribution in [3.63, 3.8) is 0 Å². The number of benzene rings is 3. The number of halogens is 1. The van der Waals surface area contributed by atoms with Crippen molar-refractivity contribution >= 4 is 39.1 Å². The molecule has 0 bridgehead atoms. The highest BCUT2D eigenvalue weighted by atomic mass is 35.5. The molecule has 41 heavy (non-hydrogen) atoms. The molecule has 0 spiro atoms. The molecule has 0 saturated carbocycles. The molecule has 3 aromatic rings. The molecule has 7 nitrogen and oxygen atoms in total. The number of hydrogen-bond donors (Lipinski definition) is 1. The first-order valence-electron chi connectivity index (χ1n) is 14.0. The maximum Gasteiger partial charge on any atom is 0.264 e. The van der Waals surface area contributed by atoms with Crippen molar-refractivity contribution in [2.75, 3.05) is 17.4 Å². The zero-order valence-corrected chi connectivity index (χ0v) is 26.0. The summed E-state index contributed by atoms with van der Waals surface area (Å²) in [6.07, 6.45) is 0.938. The van der Waals surface area contributed by atoms with Gasteiger partial charge in [0.15, 0.2) is 0 Å². The fourth-order valence-electron chi connectivity index (χ4n) is 4.53. The SMILES string of the molecule is CCc1ccccc1N(CC(=O)N(Cc1ccc(Cl)cc1)[C@H](CC)C(=O)NCC(C)C)S(=O)(=O)c1ccc(C)cc1. The minimum atomic E-state index is -4.12. The summed E-state index contributed by atoms with van der Waals surface area (Å²) < 4.78 is 29.3. The molecule has 0 unspecified atom stereocenters. The van der Waals surface area contributed by atoms with Crippen molar-refractivity contribution in [2.24, 2.45) is 5.92 Å². The van der Waals surface area contributed by atoms with Gasteiger partial charge in [-0.15, -0.1) is 0 Å². The Hall–Kier alpha value is -3.36. The molecule has 0 saturated heterocycles. The molecule has 0 aromatic heterocycles. The fourth-order valence-corrected chi connectivity index (χ4v) is 6.11. The van der Waals surface area contributed by atoms with Crippen molar-refractivity contribution in [2.45, 2.75) is 64.9 Å². The van der Waals surface area contributed by atoms with Crippen LogP contribution in [0.15, 0.2) is 77.7 Å². The van der Waals surface area contributed by atoms with Crippen LogP contribution in [-0.2, 0) is 32.6 Å². The van der Waals surface area contributed by atoms with E-state index < -0.39 is 28.5 Å². The first-order chi connectivity index (χ1) is 19.5. The lowest BCUT2D eigenvalue weighted by atomic mass is 10.1. The smallest absolute Gasteiger partial charge is 0.264 e. The molecule has 9 heteroatoms. The van der Waals surface area contributed by atoms with Gasteiger partial charge in [-0.25, -0.2) is 8.42 Å². The first-order valence-corrected chi connectivity index (χ1v) is 15.8. The van der Waals surface area contributed by atoms with Crippen LogP contribution in [0.25, 0.3) is 0 Å². The number of anilines is 1. The van der Waals surface area contributed by atoms with Gasteiger partial charge in [-0.05, 0) is 67.1 Å². The molecule has 0 radical (unpaired) electrons. The molecule has 0 heterocycles. The maximum absolute atomic E-state index is 14.2. The zero-order valence-electron chi connectivity index (χ0n) is 24.4. The molecular weight excluding hydrogens is 558 g/mol.